The Morgan fingerprint density at radius 2 is 1.62 bits per heavy atom. The molecular formula is C18H32O6. The number of hydrogen-bond acceptors (Lipinski definition) is 6. The van der Waals surface area contributed by atoms with Crippen LogP contribution in [0.3, 0.4) is 0 Å². The van der Waals surface area contributed by atoms with Gasteiger partial charge in [0.25, 0.3) is 0 Å². The summed E-state index contributed by atoms with van der Waals surface area (Å²) in [6.07, 6.45) is 7.52. The molecule has 6 nitrogen and oxygen atoms in total. The molecule has 0 saturated carbocycles. The highest BCUT2D eigenvalue weighted by Gasteiger charge is 2.24. The second kappa shape index (κ2) is 14.0. The van der Waals surface area contributed by atoms with Gasteiger partial charge < -0.3 is 19.7 Å². The Balaban J connectivity index is 4.61. The van der Waals surface area contributed by atoms with Crippen molar-refractivity contribution in [1.82, 2.24) is 0 Å². The third kappa shape index (κ3) is 11.2. The zero-order valence-corrected chi connectivity index (χ0v) is 15.1. The number of aliphatic hydroxyl groups excluding tert-OH is 2. The molecule has 0 aromatic rings. The molecule has 140 valence electrons. The van der Waals surface area contributed by atoms with Crippen molar-refractivity contribution in [3.05, 3.63) is 12.2 Å². The summed E-state index contributed by atoms with van der Waals surface area (Å²) in [5, 5.41) is 17.9. The molecule has 0 aromatic heterocycles. The summed E-state index contributed by atoms with van der Waals surface area (Å²) in [7, 11) is 0. The number of aliphatic hydroxyl groups is 2. The fourth-order valence-corrected chi connectivity index (χ4v) is 1.99. The molecule has 24 heavy (non-hydrogen) atoms. The fourth-order valence-electron chi connectivity index (χ4n) is 1.99. The number of unbranched alkanes of at least 4 members (excludes halogenated alkanes) is 4. The predicted molar refractivity (Wildman–Crippen MR) is 91.3 cm³/mol. The minimum atomic E-state index is -0.747. The molecule has 0 fully saturated rings. The van der Waals surface area contributed by atoms with Crippen molar-refractivity contribution < 1.29 is 29.3 Å². The minimum Gasteiger partial charge on any atom is -0.460 e. The Labute approximate surface area is 144 Å². The Kier molecular flexibility index (Phi) is 13.2. The van der Waals surface area contributed by atoms with Crippen LogP contribution in [0.2, 0.25) is 0 Å². The molecule has 0 bridgehead atoms. The van der Waals surface area contributed by atoms with E-state index in [0.717, 1.165) is 25.7 Å². The molecule has 3 atom stereocenters. The number of rotatable bonds is 13. The molecule has 0 aliphatic rings. The molecule has 0 spiro atoms. The third-order valence-corrected chi connectivity index (χ3v) is 3.45. The molecule has 0 amide bonds. The van der Waals surface area contributed by atoms with E-state index >= 15 is 0 Å². The summed E-state index contributed by atoms with van der Waals surface area (Å²) in [5.74, 6) is -1.87. The highest BCUT2D eigenvalue weighted by molar-refractivity contribution is 5.81. The van der Waals surface area contributed by atoms with Crippen LogP contribution in [-0.2, 0) is 19.1 Å². The Hall–Kier alpha value is -1.40. The van der Waals surface area contributed by atoms with Gasteiger partial charge in [0.2, 0.25) is 0 Å². The van der Waals surface area contributed by atoms with Crippen LogP contribution in [0.15, 0.2) is 12.2 Å². The number of ether oxygens (including phenoxy) is 2. The van der Waals surface area contributed by atoms with Gasteiger partial charge >= 0.3 is 11.9 Å². The summed E-state index contributed by atoms with van der Waals surface area (Å²) in [6.45, 7) is 4.75. The Bertz CT molecular complexity index is 380. The maximum absolute atomic E-state index is 12.1. The van der Waals surface area contributed by atoms with E-state index in [9.17, 15) is 9.59 Å². The molecule has 0 aliphatic heterocycles. The second-order valence-electron chi connectivity index (χ2n) is 6.00. The zero-order chi connectivity index (χ0) is 18.4. The number of allylic oxidation sites excluding steroid dienone is 1. The maximum atomic E-state index is 12.1. The standard InChI is InChI=1S/C18H32O6/c1-4-5-6-7-8-9-10-16(18(22)24-15(3)13-20)11-17(21)23-14(2)12-19/h9-10,14-16,19-20H,4-8,11-13H2,1-3H3/b10-9+. The summed E-state index contributed by atoms with van der Waals surface area (Å²) in [6, 6.07) is 0. The van der Waals surface area contributed by atoms with Crippen molar-refractivity contribution in [2.24, 2.45) is 5.92 Å². The van der Waals surface area contributed by atoms with Crippen LogP contribution in [0.5, 0.6) is 0 Å². The van der Waals surface area contributed by atoms with Crippen molar-refractivity contribution >= 4 is 11.9 Å². The van der Waals surface area contributed by atoms with E-state index in [0.29, 0.717) is 0 Å². The quantitative estimate of drug-likeness (QED) is 0.303. The SMILES string of the molecule is CCCCCC/C=C/C(CC(=O)OC(C)CO)C(=O)OC(C)CO. The first-order valence-electron chi connectivity index (χ1n) is 8.72. The molecule has 0 saturated heterocycles. The van der Waals surface area contributed by atoms with Crippen LogP contribution in [-0.4, -0.2) is 47.6 Å². The molecule has 2 N–H and O–H groups in total. The van der Waals surface area contributed by atoms with Gasteiger partial charge in [0.05, 0.1) is 25.6 Å². The van der Waals surface area contributed by atoms with Crippen LogP contribution >= 0.6 is 0 Å². The lowest BCUT2D eigenvalue weighted by Gasteiger charge is -2.17. The van der Waals surface area contributed by atoms with Gasteiger partial charge in [-0.25, -0.2) is 0 Å². The van der Waals surface area contributed by atoms with Gasteiger partial charge in [-0.1, -0.05) is 38.3 Å². The monoisotopic (exact) mass is 344 g/mol. The normalized spacial score (nSPS) is 15.0. The van der Waals surface area contributed by atoms with E-state index in [4.69, 9.17) is 19.7 Å². The van der Waals surface area contributed by atoms with Crippen molar-refractivity contribution in [2.75, 3.05) is 13.2 Å². The van der Waals surface area contributed by atoms with Crippen molar-refractivity contribution in [2.45, 2.75) is 71.5 Å². The smallest absolute Gasteiger partial charge is 0.313 e. The van der Waals surface area contributed by atoms with E-state index in [2.05, 4.69) is 6.92 Å². The number of esters is 2. The van der Waals surface area contributed by atoms with Crippen LogP contribution in [0.25, 0.3) is 0 Å². The van der Waals surface area contributed by atoms with Gasteiger partial charge in [-0.3, -0.25) is 9.59 Å². The van der Waals surface area contributed by atoms with Crippen molar-refractivity contribution in [1.29, 1.82) is 0 Å². The first-order valence-corrected chi connectivity index (χ1v) is 8.72. The highest BCUT2D eigenvalue weighted by Crippen LogP contribution is 2.13. The molecule has 0 radical (unpaired) electrons. The first kappa shape index (κ1) is 22.6. The van der Waals surface area contributed by atoms with Crippen LogP contribution in [0, 0.1) is 5.92 Å². The van der Waals surface area contributed by atoms with E-state index in [1.807, 2.05) is 6.08 Å². The predicted octanol–water partition coefficient (Wildman–Crippen LogP) is 2.37. The van der Waals surface area contributed by atoms with Crippen molar-refractivity contribution in [3.63, 3.8) is 0 Å². The Morgan fingerprint density at radius 1 is 1.00 bits per heavy atom. The number of carbonyl (C=O) groups is 2. The summed E-state index contributed by atoms with van der Waals surface area (Å²) < 4.78 is 10.1. The first-order chi connectivity index (χ1) is 11.4. The van der Waals surface area contributed by atoms with E-state index in [1.165, 1.54) is 6.42 Å². The molecule has 0 heterocycles. The number of hydrogen-bond donors (Lipinski definition) is 2. The highest BCUT2D eigenvalue weighted by atomic mass is 16.6. The molecule has 6 heteroatoms. The zero-order valence-electron chi connectivity index (χ0n) is 15.1. The van der Waals surface area contributed by atoms with E-state index in [1.54, 1.807) is 19.9 Å². The second-order valence-corrected chi connectivity index (χ2v) is 6.00. The third-order valence-electron chi connectivity index (χ3n) is 3.45. The van der Waals surface area contributed by atoms with Gasteiger partial charge in [-0.15, -0.1) is 0 Å². The topological polar surface area (TPSA) is 93.1 Å². The largest absolute Gasteiger partial charge is 0.460 e. The lowest BCUT2D eigenvalue weighted by atomic mass is 10.0. The lowest BCUT2D eigenvalue weighted by molar-refractivity contribution is -0.160. The summed E-state index contributed by atoms with van der Waals surface area (Å²) in [4.78, 5) is 24.0. The van der Waals surface area contributed by atoms with E-state index < -0.39 is 30.1 Å². The van der Waals surface area contributed by atoms with Crippen LogP contribution in [0.4, 0.5) is 0 Å². The van der Waals surface area contributed by atoms with Gasteiger partial charge in [0.1, 0.15) is 12.2 Å². The minimum absolute atomic E-state index is 0.146. The van der Waals surface area contributed by atoms with Gasteiger partial charge in [-0.2, -0.15) is 0 Å². The Morgan fingerprint density at radius 3 is 2.21 bits per heavy atom. The van der Waals surface area contributed by atoms with Gasteiger partial charge in [0, 0.05) is 0 Å². The average Bonchev–Trinajstić information content (AvgIpc) is 2.56. The van der Waals surface area contributed by atoms with Crippen LogP contribution in [0.1, 0.15) is 59.3 Å². The van der Waals surface area contributed by atoms with Crippen molar-refractivity contribution in [3.8, 4) is 0 Å². The molecule has 0 aliphatic carbocycles. The average molecular weight is 344 g/mol. The van der Waals surface area contributed by atoms with E-state index in [-0.39, 0.29) is 19.6 Å². The van der Waals surface area contributed by atoms with Gasteiger partial charge in [-0.05, 0) is 26.7 Å². The van der Waals surface area contributed by atoms with Crippen LogP contribution < -0.4 is 0 Å². The summed E-state index contributed by atoms with van der Waals surface area (Å²) in [5.41, 5.74) is 0. The maximum Gasteiger partial charge on any atom is 0.313 e. The number of carbonyl (C=O) groups excluding carboxylic acids is 2. The lowest BCUT2D eigenvalue weighted by Crippen LogP contribution is -2.27. The molecular weight excluding hydrogens is 312 g/mol. The molecule has 3 unspecified atom stereocenters. The molecule has 0 aromatic carbocycles. The summed E-state index contributed by atoms with van der Waals surface area (Å²) >= 11 is 0. The fraction of sp³-hybridized carbons (Fsp3) is 0.778. The van der Waals surface area contributed by atoms with Gasteiger partial charge in [0.15, 0.2) is 0 Å². The molecule has 0 rings (SSSR count).